The van der Waals surface area contributed by atoms with Crippen LogP contribution in [0.3, 0.4) is 0 Å². The Balaban J connectivity index is 1.73. The van der Waals surface area contributed by atoms with E-state index in [0.717, 1.165) is 11.3 Å². The molecule has 0 unspecified atom stereocenters. The highest BCUT2D eigenvalue weighted by Crippen LogP contribution is 2.27. The van der Waals surface area contributed by atoms with E-state index >= 15 is 0 Å². The molecule has 1 aliphatic rings. The summed E-state index contributed by atoms with van der Waals surface area (Å²) >= 11 is 0. The van der Waals surface area contributed by atoms with Crippen molar-refractivity contribution >= 4 is 23.0 Å². The van der Waals surface area contributed by atoms with Crippen LogP contribution in [0.15, 0.2) is 48.5 Å². The van der Waals surface area contributed by atoms with Crippen LogP contribution in [0.5, 0.6) is 0 Å². The Morgan fingerprint density at radius 1 is 1.28 bits per heavy atom. The molecule has 0 aromatic heterocycles. The largest absolute Gasteiger partial charge is 0.380 e. The molecule has 0 aliphatic carbocycles. The molecule has 1 N–H and O–H groups in total. The zero-order valence-electron chi connectivity index (χ0n) is 13.8. The molecule has 2 aromatic carbocycles. The van der Waals surface area contributed by atoms with Gasteiger partial charge in [-0.2, -0.15) is 0 Å². The number of anilines is 2. The second-order valence-corrected chi connectivity index (χ2v) is 5.89. The Labute approximate surface area is 145 Å². The van der Waals surface area contributed by atoms with Gasteiger partial charge in [0.25, 0.3) is 5.69 Å². The van der Waals surface area contributed by atoms with Crippen LogP contribution in [-0.4, -0.2) is 30.5 Å². The molecule has 1 fully saturated rings. The molecule has 7 nitrogen and oxygen atoms in total. The molecule has 0 spiro atoms. The number of amides is 1. The highest BCUT2D eigenvalue weighted by Gasteiger charge is 2.33. The molecule has 7 heteroatoms. The number of carbonyl (C=O) groups is 1. The smallest absolute Gasteiger partial charge is 0.271 e. The number of nitro groups is 1. The van der Waals surface area contributed by atoms with Gasteiger partial charge in [-0.05, 0) is 30.2 Å². The number of carbonyl (C=O) groups excluding carboxylic acids is 1. The van der Waals surface area contributed by atoms with Crippen LogP contribution in [0.4, 0.5) is 17.1 Å². The summed E-state index contributed by atoms with van der Waals surface area (Å²) in [7, 11) is 1.64. The first-order valence-electron chi connectivity index (χ1n) is 7.99. The Hall–Kier alpha value is -2.93. The number of benzene rings is 2. The molecule has 0 radical (unpaired) electrons. The third-order valence-corrected chi connectivity index (χ3v) is 4.14. The number of hydrogen-bond acceptors (Lipinski definition) is 5. The standard InChI is InChI=1S/C18H19N3O4/c1-25-12-13-4-2-5-14(10-13)19-17-8-9-20(18(17)22)15-6-3-7-16(11-15)21(23)24/h2-7,10-11,17,19H,8-9,12H2,1H3/t17-/m1/s1. The van der Waals surface area contributed by atoms with Crippen molar-refractivity contribution in [3.8, 4) is 0 Å². The third-order valence-electron chi connectivity index (χ3n) is 4.14. The summed E-state index contributed by atoms with van der Waals surface area (Å²) in [6, 6.07) is 13.5. The van der Waals surface area contributed by atoms with E-state index in [2.05, 4.69) is 5.32 Å². The van der Waals surface area contributed by atoms with Gasteiger partial charge in [0, 0.05) is 31.5 Å². The van der Waals surface area contributed by atoms with Crippen LogP contribution < -0.4 is 10.2 Å². The fourth-order valence-corrected chi connectivity index (χ4v) is 2.96. The fraction of sp³-hybridized carbons (Fsp3) is 0.278. The van der Waals surface area contributed by atoms with Crippen molar-refractivity contribution in [1.29, 1.82) is 0 Å². The van der Waals surface area contributed by atoms with E-state index in [4.69, 9.17) is 4.74 Å². The van der Waals surface area contributed by atoms with Crippen molar-refractivity contribution in [2.75, 3.05) is 23.9 Å². The molecule has 1 aliphatic heterocycles. The van der Waals surface area contributed by atoms with Crippen molar-refractivity contribution in [1.82, 2.24) is 0 Å². The summed E-state index contributed by atoms with van der Waals surface area (Å²) < 4.78 is 5.12. The van der Waals surface area contributed by atoms with E-state index < -0.39 is 4.92 Å². The van der Waals surface area contributed by atoms with Gasteiger partial charge in [0.05, 0.1) is 17.2 Å². The monoisotopic (exact) mass is 341 g/mol. The van der Waals surface area contributed by atoms with Gasteiger partial charge in [-0.3, -0.25) is 14.9 Å². The number of nitro benzene ring substituents is 1. The molecular weight excluding hydrogens is 322 g/mol. The number of methoxy groups -OCH3 is 1. The Morgan fingerprint density at radius 2 is 2.08 bits per heavy atom. The Bertz CT molecular complexity index is 793. The van der Waals surface area contributed by atoms with Crippen molar-refractivity contribution < 1.29 is 14.5 Å². The fourth-order valence-electron chi connectivity index (χ4n) is 2.96. The van der Waals surface area contributed by atoms with Crippen LogP contribution in [0.2, 0.25) is 0 Å². The molecule has 1 amide bonds. The molecule has 3 rings (SSSR count). The maximum Gasteiger partial charge on any atom is 0.271 e. The van der Waals surface area contributed by atoms with Gasteiger partial charge in [-0.15, -0.1) is 0 Å². The van der Waals surface area contributed by atoms with E-state index in [1.165, 1.54) is 12.1 Å². The number of rotatable bonds is 6. The van der Waals surface area contributed by atoms with Gasteiger partial charge < -0.3 is 15.0 Å². The Morgan fingerprint density at radius 3 is 2.84 bits per heavy atom. The first-order chi connectivity index (χ1) is 12.1. The zero-order valence-corrected chi connectivity index (χ0v) is 13.8. The quantitative estimate of drug-likeness (QED) is 0.645. The summed E-state index contributed by atoms with van der Waals surface area (Å²) in [6.07, 6.45) is 0.635. The molecule has 0 bridgehead atoms. The Kier molecular flexibility index (Phi) is 4.95. The molecule has 1 heterocycles. The van der Waals surface area contributed by atoms with E-state index in [9.17, 15) is 14.9 Å². The van der Waals surface area contributed by atoms with Crippen LogP contribution >= 0.6 is 0 Å². The molecule has 1 atom stereocenters. The molecule has 130 valence electrons. The third kappa shape index (κ3) is 3.77. The van der Waals surface area contributed by atoms with E-state index in [0.29, 0.717) is 25.3 Å². The van der Waals surface area contributed by atoms with E-state index in [-0.39, 0.29) is 17.6 Å². The van der Waals surface area contributed by atoms with Crippen molar-refractivity contribution in [2.45, 2.75) is 19.1 Å². The number of nitrogens with one attached hydrogen (secondary N) is 1. The SMILES string of the molecule is COCc1cccc(N[C@@H]2CCN(c3cccc([N+](=O)[O-])c3)C2=O)c1. The number of non-ortho nitro benzene ring substituents is 1. The second-order valence-electron chi connectivity index (χ2n) is 5.89. The summed E-state index contributed by atoms with van der Waals surface area (Å²) in [5.41, 5.74) is 2.41. The average Bonchev–Trinajstić information content (AvgIpc) is 2.96. The normalized spacial score (nSPS) is 16.9. The highest BCUT2D eigenvalue weighted by atomic mass is 16.6. The van der Waals surface area contributed by atoms with Crippen molar-refractivity contribution in [3.63, 3.8) is 0 Å². The van der Waals surface area contributed by atoms with Gasteiger partial charge in [0.15, 0.2) is 0 Å². The summed E-state index contributed by atoms with van der Waals surface area (Å²) in [5.74, 6) is -0.0855. The molecule has 2 aromatic rings. The van der Waals surface area contributed by atoms with E-state index in [1.54, 1.807) is 24.1 Å². The lowest BCUT2D eigenvalue weighted by atomic mass is 10.2. The van der Waals surface area contributed by atoms with Crippen LogP contribution in [-0.2, 0) is 16.1 Å². The highest BCUT2D eigenvalue weighted by molar-refractivity contribution is 6.01. The van der Waals surface area contributed by atoms with Crippen LogP contribution in [0, 0.1) is 10.1 Å². The van der Waals surface area contributed by atoms with Crippen LogP contribution in [0.1, 0.15) is 12.0 Å². The zero-order chi connectivity index (χ0) is 17.8. The first-order valence-corrected chi connectivity index (χ1v) is 7.99. The minimum absolute atomic E-state index is 0.0195. The number of hydrogen-bond donors (Lipinski definition) is 1. The number of nitrogens with zero attached hydrogens (tertiary/aromatic N) is 2. The molecular formula is C18H19N3O4. The molecule has 25 heavy (non-hydrogen) atoms. The molecule has 1 saturated heterocycles. The average molecular weight is 341 g/mol. The number of ether oxygens (including phenoxy) is 1. The summed E-state index contributed by atoms with van der Waals surface area (Å²) in [4.78, 5) is 24.7. The second kappa shape index (κ2) is 7.31. The van der Waals surface area contributed by atoms with Gasteiger partial charge in [0.2, 0.25) is 5.91 Å². The topological polar surface area (TPSA) is 84.7 Å². The van der Waals surface area contributed by atoms with Gasteiger partial charge in [0.1, 0.15) is 6.04 Å². The van der Waals surface area contributed by atoms with Crippen molar-refractivity contribution in [3.05, 3.63) is 64.2 Å². The van der Waals surface area contributed by atoms with Gasteiger partial charge >= 0.3 is 0 Å². The lowest BCUT2D eigenvalue weighted by molar-refractivity contribution is -0.384. The molecule has 0 saturated carbocycles. The maximum atomic E-state index is 12.7. The lowest BCUT2D eigenvalue weighted by Gasteiger charge is -2.18. The summed E-state index contributed by atoms with van der Waals surface area (Å²) in [5, 5.41) is 14.2. The summed E-state index contributed by atoms with van der Waals surface area (Å²) in [6.45, 7) is 1.03. The van der Waals surface area contributed by atoms with Gasteiger partial charge in [-0.25, -0.2) is 0 Å². The lowest BCUT2D eigenvalue weighted by Crippen LogP contribution is -2.33. The van der Waals surface area contributed by atoms with E-state index in [1.807, 2.05) is 24.3 Å². The predicted molar refractivity (Wildman–Crippen MR) is 94.6 cm³/mol. The minimum atomic E-state index is -0.457. The first kappa shape index (κ1) is 16.9. The van der Waals surface area contributed by atoms with Crippen LogP contribution in [0.25, 0.3) is 0 Å². The minimum Gasteiger partial charge on any atom is -0.380 e. The van der Waals surface area contributed by atoms with Gasteiger partial charge in [-0.1, -0.05) is 18.2 Å². The maximum absolute atomic E-state index is 12.7. The predicted octanol–water partition coefficient (Wildman–Crippen LogP) is 2.96. The van der Waals surface area contributed by atoms with Crippen molar-refractivity contribution in [2.24, 2.45) is 0 Å².